The molecule has 0 spiro atoms. The molecule has 0 atom stereocenters. The van der Waals surface area contributed by atoms with E-state index in [9.17, 15) is 13.2 Å². The van der Waals surface area contributed by atoms with Gasteiger partial charge in [0.15, 0.2) is 17.5 Å². The summed E-state index contributed by atoms with van der Waals surface area (Å²) in [5.74, 6) is -3.80. The van der Waals surface area contributed by atoms with Gasteiger partial charge in [0, 0.05) is 24.7 Å². The van der Waals surface area contributed by atoms with Gasteiger partial charge < -0.3 is 4.90 Å². The highest BCUT2D eigenvalue weighted by Gasteiger charge is 2.15. The summed E-state index contributed by atoms with van der Waals surface area (Å²) < 4.78 is 39.3. The summed E-state index contributed by atoms with van der Waals surface area (Å²) in [5.41, 5.74) is 0.806. The predicted molar refractivity (Wildman–Crippen MR) is 67.7 cm³/mol. The molecule has 0 fully saturated rings. The second kappa shape index (κ2) is 5.48. The number of nitrogens with zero attached hydrogens (tertiary/aromatic N) is 2. The van der Waals surface area contributed by atoms with Crippen molar-refractivity contribution in [1.82, 2.24) is 4.98 Å². The third-order valence-electron chi connectivity index (χ3n) is 2.54. The zero-order chi connectivity index (χ0) is 14.0. The lowest BCUT2D eigenvalue weighted by molar-refractivity contribution is 0.463. The molecule has 2 nitrogen and oxygen atoms in total. The molecule has 1 heterocycles. The number of hydrogen-bond acceptors (Lipinski definition) is 2. The van der Waals surface area contributed by atoms with Crippen molar-refractivity contribution in [1.29, 1.82) is 0 Å². The van der Waals surface area contributed by atoms with Crippen molar-refractivity contribution < 1.29 is 13.2 Å². The first-order chi connectivity index (χ1) is 8.97. The number of aromatic nitrogens is 1. The van der Waals surface area contributed by atoms with Gasteiger partial charge in [-0.2, -0.15) is 9.37 Å². The van der Waals surface area contributed by atoms with E-state index in [1.54, 1.807) is 24.3 Å². The molecule has 1 aromatic carbocycles. The number of hydrogen-bond donors (Lipinski definition) is 0. The molecule has 0 N–H and O–H groups in total. The van der Waals surface area contributed by atoms with Gasteiger partial charge in [0.2, 0.25) is 0 Å². The average Bonchev–Trinajstić information content (AvgIpc) is 2.33. The fourth-order valence-corrected chi connectivity index (χ4v) is 1.90. The van der Waals surface area contributed by atoms with Gasteiger partial charge >= 0.3 is 0 Å². The van der Waals surface area contributed by atoms with Crippen molar-refractivity contribution >= 4 is 17.4 Å². The first kappa shape index (κ1) is 13.7. The van der Waals surface area contributed by atoms with Crippen molar-refractivity contribution in [2.24, 2.45) is 0 Å². The largest absolute Gasteiger partial charge is 0.353 e. The van der Waals surface area contributed by atoms with Crippen LogP contribution in [0.25, 0.3) is 0 Å². The van der Waals surface area contributed by atoms with Crippen LogP contribution in [0.3, 0.4) is 0 Å². The number of benzene rings is 1. The molecule has 0 aliphatic carbocycles. The molecule has 2 aromatic rings. The maximum Gasteiger partial charge on any atom is 0.251 e. The summed E-state index contributed by atoms with van der Waals surface area (Å²) in [4.78, 5) is 4.65. The average molecular weight is 287 g/mol. The second-order valence-corrected chi connectivity index (χ2v) is 4.49. The molecule has 0 unspecified atom stereocenters. The molecular formula is C13H10ClF3N2. The van der Waals surface area contributed by atoms with Crippen LogP contribution in [-0.4, -0.2) is 12.0 Å². The Morgan fingerprint density at radius 3 is 2.58 bits per heavy atom. The first-order valence-corrected chi connectivity index (χ1v) is 5.82. The predicted octanol–water partition coefficient (Wildman–Crippen LogP) is 3.79. The van der Waals surface area contributed by atoms with Gasteiger partial charge in [0.1, 0.15) is 0 Å². The lowest BCUT2D eigenvalue weighted by Crippen LogP contribution is -2.20. The fraction of sp³-hybridized carbons (Fsp3) is 0.154. The minimum atomic E-state index is -1.32. The topological polar surface area (TPSA) is 16.1 Å². The van der Waals surface area contributed by atoms with Gasteiger partial charge in [0.25, 0.3) is 5.95 Å². The zero-order valence-electron chi connectivity index (χ0n) is 10.0. The Bertz CT molecular complexity index is 604. The number of anilines is 1. The molecule has 1 aromatic heterocycles. The quantitative estimate of drug-likeness (QED) is 0.798. The van der Waals surface area contributed by atoms with Crippen LogP contribution in [0.1, 0.15) is 5.56 Å². The van der Waals surface area contributed by atoms with E-state index in [1.165, 1.54) is 11.9 Å². The second-order valence-electron chi connectivity index (χ2n) is 4.05. The van der Waals surface area contributed by atoms with E-state index in [0.717, 1.165) is 5.56 Å². The van der Waals surface area contributed by atoms with Crippen molar-refractivity contribution in [2.45, 2.75) is 6.54 Å². The van der Waals surface area contributed by atoms with E-state index in [0.29, 0.717) is 11.1 Å². The van der Waals surface area contributed by atoms with E-state index in [4.69, 9.17) is 11.6 Å². The molecule has 100 valence electrons. The molecule has 19 heavy (non-hydrogen) atoms. The summed E-state index contributed by atoms with van der Waals surface area (Å²) in [6.45, 7) is 0.273. The Morgan fingerprint density at radius 2 is 1.89 bits per heavy atom. The van der Waals surface area contributed by atoms with Gasteiger partial charge in [-0.25, -0.2) is 8.78 Å². The third-order valence-corrected chi connectivity index (χ3v) is 2.77. The molecule has 0 amide bonds. The van der Waals surface area contributed by atoms with Crippen molar-refractivity contribution in [3.05, 3.63) is 58.5 Å². The maximum absolute atomic E-state index is 13.5. The molecule has 0 saturated carbocycles. The Balaban J connectivity index is 2.25. The Labute approximate surface area is 113 Å². The van der Waals surface area contributed by atoms with Crippen LogP contribution in [0.15, 0.2) is 30.3 Å². The van der Waals surface area contributed by atoms with Gasteiger partial charge in [0.05, 0.1) is 0 Å². The number of halogens is 4. The van der Waals surface area contributed by atoms with E-state index in [1.807, 2.05) is 0 Å². The Hall–Kier alpha value is -1.75. The Kier molecular flexibility index (Phi) is 3.95. The highest BCUT2D eigenvalue weighted by atomic mass is 35.5. The van der Waals surface area contributed by atoms with E-state index < -0.39 is 17.6 Å². The van der Waals surface area contributed by atoms with Crippen LogP contribution >= 0.6 is 11.6 Å². The normalized spacial score (nSPS) is 10.6. The van der Waals surface area contributed by atoms with Crippen LogP contribution in [0.2, 0.25) is 5.02 Å². The summed E-state index contributed by atoms with van der Waals surface area (Å²) in [5, 5.41) is 0.546. The number of pyridine rings is 1. The lowest BCUT2D eigenvalue weighted by Gasteiger charge is -2.19. The van der Waals surface area contributed by atoms with Crippen molar-refractivity contribution in [2.75, 3.05) is 11.9 Å². The molecule has 0 radical (unpaired) electrons. The molecule has 0 aliphatic heterocycles. The standard InChI is InChI=1S/C13H10ClF3N2/c1-19(7-8-3-2-4-9(14)5-8)13-11(16)6-10(15)12(17)18-13/h2-6H,7H2,1H3. The van der Waals surface area contributed by atoms with Crippen molar-refractivity contribution in [3.8, 4) is 0 Å². The van der Waals surface area contributed by atoms with Crippen LogP contribution in [0.4, 0.5) is 19.0 Å². The van der Waals surface area contributed by atoms with Crippen LogP contribution in [0.5, 0.6) is 0 Å². The van der Waals surface area contributed by atoms with E-state index in [-0.39, 0.29) is 12.4 Å². The molecule has 0 bridgehead atoms. The molecule has 0 aliphatic rings. The summed E-state index contributed by atoms with van der Waals surface area (Å²) in [6.07, 6.45) is 0. The minimum absolute atomic E-state index is 0.251. The van der Waals surface area contributed by atoms with E-state index in [2.05, 4.69) is 4.98 Å². The van der Waals surface area contributed by atoms with Crippen LogP contribution < -0.4 is 4.90 Å². The highest BCUT2D eigenvalue weighted by Crippen LogP contribution is 2.20. The molecular weight excluding hydrogens is 277 g/mol. The van der Waals surface area contributed by atoms with Crippen LogP contribution in [0, 0.1) is 17.6 Å². The SMILES string of the molecule is CN(Cc1cccc(Cl)c1)c1nc(F)c(F)cc1F. The van der Waals surface area contributed by atoms with Gasteiger partial charge in [-0.15, -0.1) is 0 Å². The highest BCUT2D eigenvalue weighted by molar-refractivity contribution is 6.30. The van der Waals surface area contributed by atoms with Gasteiger partial charge in [-0.05, 0) is 17.7 Å². The zero-order valence-corrected chi connectivity index (χ0v) is 10.8. The Morgan fingerprint density at radius 1 is 1.16 bits per heavy atom. The maximum atomic E-state index is 13.5. The van der Waals surface area contributed by atoms with Crippen molar-refractivity contribution in [3.63, 3.8) is 0 Å². The van der Waals surface area contributed by atoms with Gasteiger partial charge in [-0.1, -0.05) is 23.7 Å². The van der Waals surface area contributed by atoms with E-state index >= 15 is 0 Å². The smallest absolute Gasteiger partial charge is 0.251 e. The fourth-order valence-electron chi connectivity index (χ4n) is 1.69. The summed E-state index contributed by atoms with van der Waals surface area (Å²) in [6, 6.07) is 7.43. The third kappa shape index (κ3) is 3.17. The molecule has 0 saturated heterocycles. The summed E-state index contributed by atoms with van der Waals surface area (Å²) in [7, 11) is 1.53. The molecule has 6 heteroatoms. The summed E-state index contributed by atoms with van der Waals surface area (Å²) >= 11 is 5.83. The first-order valence-electron chi connectivity index (χ1n) is 5.44. The number of rotatable bonds is 3. The monoisotopic (exact) mass is 286 g/mol. The van der Waals surface area contributed by atoms with Crippen LogP contribution in [-0.2, 0) is 6.54 Å². The van der Waals surface area contributed by atoms with Gasteiger partial charge in [-0.3, -0.25) is 0 Å². The minimum Gasteiger partial charge on any atom is -0.353 e. The lowest BCUT2D eigenvalue weighted by atomic mass is 10.2. The molecule has 2 rings (SSSR count).